The number of urea groups is 1. The molecule has 0 aliphatic heterocycles. The van der Waals surface area contributed by atoms with Gasteiger partial charge in [-0.05, 0) is 23.6 Å². The first-order valence-electron chi connectivity index (χ1n) is 7.53. The summed E-state index contributed by atoms with van der Waals surface area (Å²) in [6, 6.07) is 7.23. The van der Waals surface area contributed by atoms with Crippen LogP contribution in [0.3, 0.4) is 0 Å². The second-order valence-corrected chi connectivity index (χ2v) is 6.46. The summed E-state index contributed by atoms with van der Waals surface area (Å²) in [5, 5.41) is 11.4. The topological polar surface area (TPSA) is 162 Å². The molecule has 1 atom stereocenters. The maximum Gasteiger partial charge on any atom is 0.320 e. The zero-order valence-electron chi connectivity index (χ0n) is 13.6. The highest BCUT2D eigenvalue weighted by Gasteiger charge is 2.16. The second kappa shape index (κ2) is 8.28. The second-order valence-electron chi connectivity index (χ2n) is 5.41. The van der Waals surface area contributed by atoms with Crippen LogP contribution in [0.4, 0.5) is 9.80 Å². The van der Waals surface area contributed by atoms with Crippen molar-refractivity contribution >= 4 is 40.3 Å². The minimum Gasteiger partial charge on any atom is -0.480 e. The number of thiophene rings is 1. The minimum absolute atomic E-state index is 0.190. The molecule has 0 unspecified atom stereocenters. The van der Waals surface area contributed by atoms with Crippen LogP contribution in [-0.4, -0.2) is 29.1 Å². The van der Waals surface area contributed by atoms with E-state index in [1.807, 2.05) is 24.3 Å². The number of aliphatic carboxylic acids is 1. The monoisotopic (exact) mass is 374 g/mol. The van der Waals surface area contributed by atoms with E-state index in [2.05, 4.69) is 5.32 Å². The summed E-state index contributed by atoms with van der Waals surface area (Å²) < 4.78 is 0. The number of anilines is 1. The third-order valence-corrected chi connectivity index (χ3v) is 4.55. The van der Waals surface area contributed by atoms with Gasteiger partial charge in [-0.2, -0.15) is 0 Å². The summed E-state index contributed by atoms with van der Waals surface area (Å²) in [6.07, 6.45) is 3.70. The van der Waals surface area contributed by atoms with Crippen LogP contribution in [0.1, 0.15) is 22.3 Å². The van der Waals surface area contributed by atoms with Crippen LogP contribution in [0.15, 0.2) is 36.4 Å². The smallest absolute Gasteiger partial charge is 0.320 e. The largest absolute Gasteiger partial charge is 0.480 e. The van der Waals surface area contributed by atoms with Crippen molar-refractivity contribution in [2.45, 2.75) is 12.5 Å². The molecule has 8 N–H and O–H groups in total. The Kier molecular flexibility index (Phi) is 6.10. The highest BCUT2D eigenvalue weighted by atomic mass is 32.1. The summed E-state index contributed by atoms with van der Waals surface area (Å²) in [4.78, 5) is 33.9. The average molecular weight is 374 g/mol. The van der Waals surface area contributed by atoms with E-state index < -0.39 is 23.9 Å². The molecule has 0 fully saturated rings. The maximum absolute atomic E-state index is 11.5. The van der Waals surface area contributed by atoms with Gasteiger partial charge in [-0.15, -0.1) is 11.3 Å². The molecule has 0 bridgehead atoms. The SMILES string of the molecule is NC(=O)Nc1sc(-c2ccc(/C=C\C[C@H](N)C(=O)O)cc2)cc1C(N)=O. The van der Waals surface area contributed by atoms with Crippen LogP contribution in [0.2, 0.25) is 0 Å². The molecule has 1 aromatic heterocycles. The van der Waals surface area contributed by atoms with Gasteiger partial charge in [0.05, 0.1) is 5.56 Å². The number of benzene rings is 1. The third kappa shape index (κ3) is 4.91. The Morgan fingerprint density at radius 1 is 1.19 bits per heavy atom. The fraction of sp³-hybridized carbons (Fsp3) is 0.118. The molecular formula is C17H18N4O4S. The molecule has 26 heavy (non-hydrogen) atoms. The van der Waals surface area contributed by atoms with Crippen LogP contribution in [-0.2, 0) is 4.79 Å². The zero-order chi connectivity index (χ0) is 19.3. The van der Waals surface area contributed by atoms with E-state index in [9.17, 15) is 14.4 Å². The third-order valence-electron chi connectivity index (χ3n) is 3.45. The first kappa shape index (κ1) is 19.2. The fourth-order valence-corrected chi connectivity index (χ4v) is 3.20. The molecule has 0 radical (unpaired) electrons. The van der Waals surface area contributed by atoms with Crippen molar-refractivity contribution in [3.8, 4) is 10.4 Å². The number of primary amides is 2. The standard InChI is InChI=1S/C17H18N4O4S/c18-12(16(23)24)3-1-2-9-4-6-10(7-5-9)13-8-11(14(19)22)15(26-13)21-17(20)25/h1-2,4-8,12H,3,18H2,(H2,19,22)(H,23,24)(H3,20,21,25)/b2-1-/t12-/m0/s1. The molecule has 8 nitrogen and oxygen atoms in total. The lowest BCUT2D eigenvalue weighted by atomic mass is 10.1. The van der Waals surface area contributed by atoms with Crippen molar-refractivity contribution in [1.29, 1.82) is 0 Å². The lowest BCUT2D eigenvalue weighted by Crippen LogP contribution is -2.29. The van der Waals surface area contributed by atoms with E-state index in [1.165, 1.54) is 11.3 Å². The molecule has 2 aromatic rings. The molecule has 136 valence electrons. The van der Waals surface area contributed by atoms with Gasteiger partial charge < -0.3 is 22.3 Å². The average Bonchev–Trinajstić information content (AvgIpc) is 2.98. The highest BCUT2D eigenvalue weighted by Crippen LogP contribution is 2.35. The normalized spacial score (nSPS) is 12.0. The molecule has 0 saturated heterocycles. The number of nitrogens with two attached hydrogens (primary N) is 3. The number of carbonyl (C=O) groups excluding carboxylic acids is 2. The molecule has 0 spiro atoms. The Bertz CT molecular complexity index is 858. The van der Waals surface area contributed by atoms with Gasteiger partial charge >= 0.3 is 12.0 Å². The minimum atomic E-state index is -1.05. The number of nitrogens with one attached hydrogen (secondary N) is 1. The van der Waals surface area contributed by atoms with Gasteiger partial charge in [0.15, 0.2) is 0 Å². The molecule has 0 aliphatic carbocycles. The summed E-state index contributed by atoms with van der Waals surface area (Å²) in [7, 11) is 0. The van der Waals surface area contributed by atoms with Crippen LogP contribution >= 0.6 is 11.3 Å². The predicted molar refractivity (Wildman–Crippen MR) is 101 cm³/mol. The summed E-state index contributed by atoms with van der Waals surface area (Å²) in [5.74, 6) is -1.71. The number of carboxylic acid groups (broad SMARTS) is 1. The number of rotatable bonds is 7. The zero-order valence-corrected chi connectivity index (χ0v) is 14.5. The van der Waals surface area contributed by atoms with Crippen LogP contribution in [0.5, 0.6) is 0 Å². The van der Waals surface area contributed by atoms with Gasteiger partial charge in [0.2, 0.25) is 0 Å². The Morgan fingerprint density at radius 2 is 1.85 bits per heavy atom. The number of carboxylic acids is 1. The first-order chi connectivity index (χ1) is 12.3. The van der Waals surface area contributed by atoms with Crippen molar-refractivity contribution in [3.63, 3.8) is 0 Å². The molecule has 9 heteroatoms. The van der Waals surface area contributed by atoms with Crippen LogP contribution < -0.4 is 22.5 Å². The van der Waals surface area contributed by atoms with Gasteiger partial charge in [-0.25, -0.2) is 4.79 Å². The van der Waals surface area contributed by atoms with Gasteiger partial charge in [0.25, 0.3) is 5.91 Å². The highest BCUT2D eigenvalue weighted by molar-refractivity contribution is 7.20. The number of hydrogen-bond donors (Lipinski definition) is 5. The maximum atomic E-state index is 11.5. The van der Waals surface area contributed by atoms with E-state index in [4.69, 9.17) is 22.3 Å². The number of amides is 3. The number of hydrogen-bond acceptors (Lipinski definition) is 5. The van der Waals surface area contributed by atoms with E-state index >= 15 is 0 Å². The van der Waals surface area contributed by atoms with E-state index in [0.717, 1.165) is 16.0 Å². The Morgan fingerprint density at radius 3 is 2.38 bits per heavy atom. The quantitative estimate of drug-likeness (QED) is 0.498. The first-order valence-corrected chi connectivity index (χ1v) is 8.35. The summed E-state index contributed by atoms with van der Waals surface area (Å²) in [5.41, 5.74) is 17.7. The molecule has 2 rings (SSSR count). The fourth-order valence-electron chi connectivity index (χ4n) is 2.13. The van der Waals surface area contributed by atoms with Crippen LogP contribution in [0, 0.1) is 0 Å². The summed E-state index contributed by atoms with van der Waals surface area (Å²) in [6.45, 7) is 0. The van der Waals surface area contributed by atoms with Gasteiger partial charge in [-0.1, -0.05) is 36.4 Å². The molecule has 0 saturated carbocycles. The molecular weight excluding hydrogens is 356 g/mol. The Labute approximate surface area is 153 Å². The van der Waals surface area contributed by atoms with E-state index in [-0.39, 0.29) is 12.0 Å². The van der Waals surface area contributed by atoms with Gasteiger partial charge in [-0.3, -0.25) is 14.9 Å². The summed E-state index contributed by atoms with van der Waals surface area (Å²) >= 11 is 1.19. The molecule has 1 aromatic carbocycles. The lowest BCUT2D eigenvalue weighted by Gasteiger charge is -2.01. The van der Waals surface area contributed by atoms with Crippen molar-refractivity contribution in [2.24, 2.45) is 17.2 Å². The Hall–Kier alpha value is -3.17. The molecule has 3 amide bonds. The van der Waals surface area contributed by atoms with Crippen molar-refractivity contribution in [3.05, 3.63) is 47.5 Å². The van der Waals surface area contributed by atoms with Gasteiger partial charge in [0.1, 0.15) is 11.0 Å². The van der Waals surface area contributed by atoms with Crippen molar-refractivity contribution in [1.82, 2.24) is 0 Å². The lowest BCUT2D eigenvalue weighted by molar-refractivity contribution is -0.138. The van der Waals surface area contributed by atoms with Gasteiger partial charge in [0, 0.05) is 4.88 Å². The van der Waals surface area contributed by atoms with E-state index in [0.29, 0.717) is 5.00 Å². The Balaban J connectivity index is 2.17. The molecule has 1 heterocycles. The van der Waals surface area contributed by atoms with Crippen molar-refractivity contribution in [2.75, 3.05) is 5.32 Å². The van der Waals surface area contributed by atoms with Crippen molar-refractivity contribution < 1.29 is 19.5 Å². The number of carbonyl (C=O) groups is 3. The van der Waals surface area contributed by atoms with Crippen LogP contribution in [0.25, 0.3) is 16.5 Å². The molecule has 0 aliphatic rings. The van der Waals surface area contributed by atoms with E-state index in [1.54, 1.807) is 18.2 Å². The predicted octanol–water partition coefficient (Wildman–Crippen LogP) is 1.82.